The Morgan fingerprint density at radius 3 is 2.27 bits per heavy atom. The lowest BCUT2D eigenvalue weighted by atomic mass is 10.1. The highest BCUT2D eigenvalue weighted by Crippen LogP contribution is 2.29. The van der Waals surface area contributed by atoms with Crippen molar-refractivity contribution in [1.29, 1.82) is 0 Å². The lowest BCUT2D eigenvalue weighted by Crippen LogP contribution is -1.83. The van der Waals surface area contributed by atoms with Crippen molar-refractivity contribution < 1.29 is 4.39 Å². The summed E-state index contributed by atoms with van der Waals surface area (Å²) < 4.78 is 13.1. The molecule has 0 fully saturated rings. The molecule has 3 nitrogen and oxygen atoms in total. The molecule has 2 aromatic rings. The molecule has 0 aliphatic heterocycles. The van der Waals surface area contributed by atoms with E-state index in [4.69, 9.17) is 28.9 Å². The van der Waals surface area contributed by atoms with Crippen LogP contribution in [0.25, 0.3) is 11.3 Å². The molecule has 15 heavy (non-hydrogen) atoms. The Hall–Kier alpha value is -1.26. The van der Waals surface area contributed by atoms with Gasteiger partial charge in [0.05, 0.1) is 15.7 Å². The van der Waals surface area contributed by atoms with E-state index in [0.29, 0.717) is 17.1 Å². The number of rotatable bonds is 1. The number of nitrogens with two attached hydrogens (primary N) is 1. The normalized spacial score (nSPS) is 10.6. The van der Waals surface area contributed by atoms with Gasteiger partial charge in [-0.05, 0) is 12.1 Å². The standard InChI is InChI=1S/C9H6Cl2FN3/c10-5-1-4(2-6(11)9(5)12)7-3-8(13)15-14-7/h1-3H,(H3,13,14,15). The minimum atomic E-state index is -0.630. The fourth-order valence-electron chi connectivity index (χ4n) is 1.20. The maximum Gasteiger partial charge on any atom is 0.160 e. The molecule has 0 spiro atoms. The minimum absolute atomic E-state index is 0.0364. The Kier molecular flexibility index (Phi) is 2.54. The number of hydrogen-bond acceptors (Lipinski definition) is 2. The van der Waals surface area contributed by atoms with Crippen LogP contribution in [0, 0.1) is 5.82 Å². The van der Waals surface area contributed by atoms with Gasteiger partial charge < -0.3 is 5.73 Å². The monoisotopic (exact) mass is 245 g/mol. The third-order valence-electron chi connectivity index (χ3n) is 1.89. The molecular formula is C9H6Cl2FN3. The number of H-pyrrole nitrogens is 1. The maximum atomic E-state index is 13.1. The zero-order chi connectivity index (χ0) is 11.0. The van der Waals surface area contributed by atoms with E-state index in [9.17, 15) is 4.39 Å². The van der Waals surface area contributed by atoms with E-state index in [2.05, 4.69) is 10.2 Å². The molecule has 78 valence electrons. The van der Waals surface area contributed by atoms with Gasteiger partial charge >= 0.3 is 0 Å². The number of nitrogens with one attached hydrogen (secondary N) is 1. The molecule has 1 aromatic heterocycles. The molecule has 3 N–H and O–H groups in total. The van der Waals surface area contributed by atoms with Crippen LogP contribution in [-0.2, 0) is 0 Å². The van der Waals surface area contributed by atoms with Gasteiger partial charge in [-0.3, -0.25) is 5.10 Å². The van der Waals surface area contributed by atoms with Crippen LogP contribution in [0.5, 0.6) is 0 Å². The molecule has 2 rings (SSSR count). The number of benzene rings is 1. The summed E-state index contributed by atoms with van der Waals surface area (Å²) in [5.74, 6) is -0.281. The fraction of sp³-hybridized carbons (Fsp3) is 0. The zero-order valence-electron chi connectivity index (χ0n) is 7.39. The first kappa shape index (κ1) is 10.3. The summed E-state index contributed by atoms with van der Waals surface area (Å²) in [6.07, 6.45) is 0. The third-order valence-corrected chi connectivity index (χ3v) is 2.44. The van der Waals surface area contributed by atoms with Gasteiger partial charge in [0.25, 0.3) is 0 Å². The quantitative estimate of drug-likeness (QED) is 0.759. The first-order valence-electron chi connectivity index (χ1n) is 4.03. The Labute approximate surface area is 95.0 Å². The van der Waals surface area contributed by atoms with Crippen LogP contribution in [0.3, 0.4) is 0 Å². The number of nitrogen functional groups attached to an aromatic ring is 1. The van der Waals surface area contributed by atoms with E-state index in [-0.39, 0.29) is 10.0 Å². The molecule has 0 aliphatic rings. The zero-order valence-corrected chi connectivity index (χ0v) is 8.90. The number of nitrogens with zero attached hydrogens (tertiary/aromatic N) is 1. The molecule has 0 unspecified atom stereocenters. The summed E-state index contributed by atoms with van der Waals surface area (Å²) in [5.41, 5.74) is 6.71. The van der Waals surface area contributed by atoms with Gasteiger partial charge in [0.1, 0.15) is 5.82 Å². The van der Waals surface area contributed by atoms with Crippen molar-refractivity contribution in [3.8, 4) is 11.3 Å². The van der Waals surface area contributed by atoms with Crippen LogP contribution >= 0.6 is 23.2 Å². The predicted molar refractivity (Wildman–Crippen MR) is 58.4 cm³/mol. The van der Waals surface area contributed by atoms with Crippen molar-refractivity contribution in [2.45, 2.75) is 0 Å². The first-order chi connectivity index (χ1) is 7.08. The Morgan fingerprint density at radius 2 is 1.80 bits per heavy atom. The second-order valence-electron chi connectivity index (χ2n) is 2.96. The van der Waals surface area contributed by atoms with Crippen molar-refractivity contribution >= 4 is 29.0 Å². The summed E-state index contributed by atoms with van der Waals surface area (Å²) in [6, 6.07) is 4.52. The molecule has 1 aromatic carbocycles. The van der Waals surface area contributed by atoms with Gasteiger partial charge in [-0.1, -0.05) is 23.2 Å². The number of aromatic nitrogens is 2. The molecule has 0 bridgehead atoms. The third kappa shape index (κ3) is 1.91. The molecule has 0 amide bonds. The maximum absolute atomic E-state index is 13.1. The van der Waals surface area contributed by atoms with E-state index in [1.807, 2.05) is 0 Å². The predicted octanol–water partition coefficient (Wildman–Crippen LogP) is 3.10. The Morgan fingerprint density at radius 1 is 1.20 bits per heavy atom. The SMILES string of the molecule is Nc1cc(-c2cc(Cl)c(F)c(Cl)c2)[nH]n1. The van der Waals surface area contributed by atoms with Crippen LogP contribution in [0.4, 0.5) is 10.2 Å². The molecule has 1 heterocycles. The molecule has 0 saturated heterocycles. The highest BCUT2D eigenvalue weighted by Gasteiger charge is 2.10. The second-order valence-corrected chi connectivity index (χ2v) is 3.77. The van der Waals surface area contributed by atoms with Gasteiger partial charge in [0, 0.05) is 11.6 Å². The average molecular weight is 246 g/mol. The Bertz CT molecular complexity index is 487. The van der Waals surface area contributed by atoms with Crippen LogP contribution in [0.1, 0.15) is 0 Å². The lowest BCUT2D eigenvalue weighted by molar-refractivity contribution is 0.629. The van der Waals surface area contributed by atoms with Crippen molar-refractivity contribution in [3.05, 3.63) is 34.1 Å². The molecule has 0 aliphatic carbocycles. The summed E-state index contributed by atoms with van der Waals surface area (Å²) in [5, 5.41) is 6.36. The lowest BCUT2D eigenvalue weighted by Gasteiger charge is -2.01. The van der Waals surface area contributed by atoms with Crippen LogP contribution in [0.2, 0.25) is 10.0 Å². The summed E-state index contributed by atoms with van der Waals surface area (Å²) >= 11 is 11.3. The highest BCUT2D eigenvalue weighted by atomic mass is 35.5. The van der Waals surface area contributed by atoms with Gasteiger partial charge in [0.15, 0.2) is 5.82 Å². The van der Waals surface area contributed by atoms with Crippen LogP contribution in [0.15, 0.2) is 18.2 Å². The van der Waals surface area contributed by atoms with E-state index in [1.165, 1.54) is 12.1 Å². The fourth-order valence-corrected chi connectivity index (χ4v) is 1.68. The van der Waals surface area contributed by atoms with E-state index >= 15 is 0 Å². The molecular weight excluding hydrogens is 240 g/mol. The highest BCUT2D eigenvalue weighted by molar-refractivity contribution is 6.35. The van der Waals surface area contributed by atoms with Gasteiger partial charge in [-0.25, -0.2) is 4.39 Å². The average Bonchev–Trinajstić information content (AvgIpc) is 2.60. The smallest absolute Gasteiger partial charge is 0.160 e. The van der Waals surface area contributed by atoms with Gasteiger partial charge in [-0.15, -0.1) is 0 Å². The van der Waals surface area contributed by atoms with Crippen LogP contribution < -0.4 is 5.73 Å². The molecule has 0 atom stereocenters. The van der Waals surface area contributed by atoms with Crippen molar-refractivity contribution in [3.63, 3.8) is 0 Å². The first-order valence-corrected chi connectivity index (χ1v) is 4.79. The Balaban J connectivity index is 2.55. The van der Waals surface area contributed by atoms with E-state index in [1.54, 1.807) is 6.07 Å². The minimum Gasteiger partial charge on any atom is -0.382 e. The van der Waals surface area contributed by atoms with Crippen molar-refractivity contribution in [2.24, 2.45) is 0 Å². The molecule has 0 radical (unpaired) electrons. The summed E-state index contributed by atoms with van der Waals surface area (Å²) in [6.45, 7) is 0. The van der Waals surface area contributed by atoms with E-state index in [0.717, 1.165) is 0 Å². The molecule has 6 heteroatoms. The number of aromatic amines is 1. The van der Waals surface area contributed by atoms with Gasteiger partial charge in [0.2, 0.25) is 0 Å². The number of hydrogen-bond donors (Lipinski definition) is 2. The number of halogens is 3. The van der Waals surface area contributed by atoms with Gasteiger partial charge in [-0.2, -0.15) is 5.10 Å². The van der Waals surface area contributed by atoms with E-state index < -0.39 is 5.82 Å². The largest absolute Gasteiger partial charge is 0.382 e. The summed E-state index contributed by atoms with van der Waals surface area (Å²) in [7, 11) is 0. The second kappa shape index (κ2) is 3.72. The molecule has 0 saturated carbocycles. The van der Waals surface area contributed by atoms with Crippen molar-refractivity contribution in [1.82, 2.24) is 10.2 Å². The van der Waals surface area contributed by atoms with Crippen molar-refractivity contribution in [2.75, 3.05) is 5.73 Å². The topological polar surface area (TPSA) is 54.7 Å². The van der Waals surface area contributed by atoms with Crippen LogP contribution in [-0.4, -0.2) is 10.2 Å². The summed E-state index contributed by atoms with van der Waals surface area (Å²) in [4.78, 5) is 0. The number of anilines is 1.